The highest BCUT2D eigenvalue weighted by Crippen LogP contribution is 2.27. The van der Waals surface area contributed by atoms with E-state index in [4.69, 9.17) is 9.47 Å². The molecule has 1 atom stereocenters. The molecule has 0 aliphatic carbocycles. The number of methoxy groups -OCH3 is 2. The van der Waals surface area contributed by atoms with Gasteiger partial charge in [-0.3, -0.25) is 4.68 Å². The first-order valence-corrected chi connectivity index (χ1v) is 5.88. The second-order valence-corrected chi connectivity index (χ2v) is 4.25. The van der Waals surface area contributed by atoms with Crippen LogP contribution in [0.4, 0.5) is 0 Å². The van der Waals surface area contributed by atoms with Crippen molar-refractivity contribution in [2.75, 3.05) is 14.2 Å². The lowest BCUT2D eigenvalue weighted by molar-refractivity contribution is 0.176. The molecule has 0 aliphatic rings. The number of hydrogen-bond acceptors (Lipinski definition) is 5. The fraction of sp³-hybridized carbons (Fsp3) is 0.385. The molecule has 0 bridgehead atoms. The van der Waals surface area contributed by atoms with Crippen LogP contribution >= 0.6 is 0 Å². The van der Waals surface area contributed by atoms with Crippen molar-refractivity contribution in [3.05, 3.63) is 35.7 Å². The third-order valence-electron chi connectivity index (χ3n) is 2.81. The van der Waals surface area contributed by atoms with Gasteiger partial charge in [-0.1, -0.05) is 5.21 Å². The van der Waals surface area contributed by atoms with E-state index < -0.39 is 6.10 Å². The maximum Gasteiger partial charge on any atom is 0.122 e. The standard InChI is InChI=1S/C13H17N3O3/c1-16-8-10(14-15-16)6-13(17)9-4-11(18-2)7-12(5-9)19-3/h4-5,7-8,13,17H,6H2,1-3H3. The number of aliphatic hydroxyl groups is 1. The highest BCUT2D eigenvalue weighted by atomic mass is 16.5. The van der Waals surface area contributed by atoms with Crippen molar-refractivity contribution in [3.8, 4) is 11.5 Å². The summed E-state index contributed by atoms with van der Waals surface area (Å²) < 4.78 is 12.0. The zero-order chi connectivity index (χ0) is 13.8. The van der Waals surface area contributed by atoms with Crippen LogP contribution in [0.15, 0.2) is 24.4 Å². The maximum absolute atomic E-state index is 10.2. The van der Waals surface area contributed by atoms with E-state index in [0.29, 0.717) is 17.9 Å². The molecule has 1 unspecified atom stereocenters. The maximum atomic E-state index is 10.2. The van der Waals surface area contributed by atoms with E-state index in [1.807, 2.05) is 0 Å². The minimum absolute atomic E-state index is 0.393. The Bertz CT molecular complexity index is 532. The lowest BCUT2D eigenvalue weighted by atomic mass is 10.0. The van der Waals surface area contributed by atoms with E-state index in [0.717, 1.165) is 11.3 Å². The van der Waals surface area contributed by atoms with Crippen LogP contribution in [0.25, 0.3) is 0 Å². The first kappa shape index (κ1) is 13.4. The van der Waals surface area contributed by atoms with Crippen molar-refractivity contribution in [1.82, 2.24) is 15.0 Å². The summed E-state index contributed by atoms with van der Waals surface area (Å²) in [7, 11) is 4.94. The Morgan fingerprint density at radius 2 is 1.84 bits per heavy atom. The number of benzene rings is 1. The number of nitrogens with zero attached hydrogens (tertiary/aromatic N) is 3. The van der Waals surface area contributed by atoms with E-state index in [2.05, 4.69) is 10.3 Å². The molecule has 0 amide bonds. The zero-order valence-electron chi connectivity index (χ0n) is 11.2. The average Bonchev–Trinajstić information content (AvgIpc) is 2.83. The SMILES string of the molecule is COc1cc(OC)cc(C(O)Cc2cn(C)nn2)c1. The number of ether oxygens (including phenoxy) is 2. The molecule has 19 heavy (non-hydrogen) atoms. The van der Waals surface area contributed by atoms with Gasteiger partial charge in [0.05, 0.1) is 26.0 Å². The monoisotopic (exact) mass is 263 g/mol. The molecule has 1 aromatic heterocycles. The van der Waals surface area contributed by atoms with Crippen LogP contribution in [0.1, 0.15) is 17.4 Å². The summed E-state index contributed by atoms with van der Waals surface area (Å²) >= 11 is 0. The van der Waals surface area contributed by atoms with Crippen molar-refractivity contribution in [2.45, 2.75) is 12.5 Å². The Balaban J connectivity index is 2.20. The summed E-state index contributed by atoms with van der Waals surface area (Å²) in [5, 5.41) is 18.0. The Morgan fingerprint density at radius 3 is 2.32 bits per heavy atom. The van der Waals surface area contributed by atoms with Gasteiger partial charge < -0.3 is 14.6 Å². The van der Waals surface area contributed by atoms with Gasteiger partial charge in [-0.15, -0.1) is 5.10 Å². The predicted octanol–water partition coefficient (Wildman–Crippen LogP) is 1.11. The van der Waals surface area contributed by atoms with E-state index >= 15 is 0 Å². The van der Waals surface area contributed by atoms with Crippen LogP contribution in [0.3, 0.4) is 0 Å². The van der Waals surface area contributed by atoms with Gasteiger partial charge in [0.15, 0.2) is 0 Å². The highest BCUT2D eigenvalue weighted by molar-refractivity contribution is 5.39. The summed E-state index contributed by atoms with van der Waals surface area (Å²) in [4.78, 5) is 0. The van der Waals surface area contributed by atoms with Crippen molar-refractivity contribution in [2.24, 2.45) is 7.05 Å². The Labute approximate surface area is 111 Å². The van der Waals surface area contributed by atoms with Crippen LogP contribution in [0.5, 0.6) is 11.5 Å². The molecule has 0 saturated carbocycles. The molecular weight excluding hydrogens is 246 g/mol. The fourth-order valence-electron chi connectivity index (χ4n) is 1.83. The number of aryl methyl sites for hydroxylation is 1. The summed E-state index contributed by atoms with van der Waals surface area (Å²) in [6.45, 7) is 0. The molecule has 6 heteroatoms. The normalized spacial score (nSPS) is 12.2. The third kappa shape index (κ3) is 3.23. The van der Waals surface area contributed by atoms with Gasteiger partial charge in [0.1, 0.15) is 11.5 Å². The molecule has 2 rings (SSSR count). The molecule has 0 spiro atoms. The van der Waals surface area contributed by atoms with Crippen LogP contribution in [0.2, 0.25) is 0 Å². The van der Waals surface area contributed by atoms with Crippen molar-refractivity contribution in [1.29, 1.82) is 0 Å². The summed E-state index contributed by atoms with van der Waals surface area (Å²) in [6, 6.07) is 5.33. The van der Waals surface area contributed by atoms with Crippen LogP contribution in [-0.2, 0) is 13.5 Å². The summed E-state index contributed by atoms with van der Waals surface area (Å²) in [5.74, 6) is 1.29. The molecule has 1 heterocycles. The lowest BCUT2D eigenvalue weighted by Gasteiger charge is -2.12. The molecule has 0 aliphatic heterocycles. The van der Waals surface area contributed by atoms with E-state index in [1.165, 1.54) is 0 Å². The second-order valence-electron chi connectivity index (χ2n) is 4.25. The van der Waals surface area contributed by atoms with Gasteiger partial charge in [0.2, 0.25) is 0 Å². The Kier molecular flexibility index (Phi) is 4.01. The van der Waals surface area contributed by atoms with Gasteiger partial charge in [0.25, 0.3) is 0 Å². The minimum Gasteiger partial charge on any atom is -0.497 e. The first-order chi connectivity index (χ1) is 9.12. The molecule has 1 aromatic carbocycles. The number of rotatable bonds is 5. The van der Waals surface area contributed by atoms with E-state index in [1.54, 1.807) is 50.3 Å². The quantitative estimate of drug-likeness (QED) is 0.875. The zero-order valence-corrected chi connectivity index (χ0v) is 11.2. The molecule has 1 N–H and O–H groups in total. The minimum atomic E-state index is -0.680. The third-order valence-corrected chi connectivity index (χ3v) is 2.81. The van der Waals surface area contributed by atoms with Gasteiger partial charge in [0, 0.05) is 25.7 Å². The molecule has 102 valence electrons. The first-order valence-electron chi connectivity index (χ1n) is 5.88. The van der Waals surface area contributed by atoms with E-state index in [9.17, 15) is 5.11 Å². The highest BCUT2D eigenvalue weighted by Gasteiger charge is 2.13. The second kappa shape index (κ2) is 5.71. The molecule has 2 aromatic rings. The van der Waals surface area contributed by atoms with Crippen molar-refractivity contribution < 1.29 is 14.6 Å². The molecule has 6 nitrogen and oxygen atoms in total. The Hall–Kier alpha value is -2.08. The predicted molar refractivity (Wildman–Crippen MR) is 69.2 cm³/mol. The van der Waals surface area contributed by atoms with Crippen LogP contribution < -0.4 is 9.47 Å². The molecule has 0 fully saturated rings. The fourth-order valence-corrected chi connectivity index (χ4v) is 1.83. The van der Waals surface area contributed by atoms with Gasteiger partial charge >= 0.3 is 0 Å². The molecule has 0 radical (unpaired) electrons. The number of aliphatic hydroxyl groups excluding tert-OH is 1. The van der Waals surface area contributed by atoms with Crippen molar-refractivity contribution in [3.63, 3.8) is 0 Å². The lowest BCUT2D eigenvalue weighted by Crippen LogP contribution is -2.03. The molecule has 0 saturated heterocycles. The largest absolute Gasteiger partial charge is 0.497 e. The van der Waals surface area contributed by atoms with Crippen LogP contribution in [-0.4, -0.2) is 34.3 Å². The number of hydrogen-bond donors (Lipinski definition) is 1. The Morgan fingerprint density at radius 1 is 1.21 bits per heavy atom. The average molecular weight is 263 g/mol. The van der Waals surface area contributed by atoms with Gasteiger partial charge in [-0.05, 0) is 17.7 Å². The summed E-state index contributed by atoms with van der Waals surface area (Å²) in [5.41, 5.74) is 1.46. The van der Waals surface area contributed by atoms with Crippen LogP contribution in [0, 0.1) is 0 Å². The van der Waals surface area contributed by atoms with Gasteiger partial charge in [-0.25, -0.2) is 0 Å². The smallest absolute Gasteiger partial charge is 0.122 e. The number of aromatic nitrogens is 3. The molecular formula is C13H17N3O3. The van der Waals surface area contributed by atoms with E-state index in [-0.39, 0.29) is 0 Å². The van der Waals surface area contributed by atoms with Crippen molar-refractivity contribution >= 4 is 0 Å². The van der Waals surface area contributed by atoms with Gasteiger partial charge in [-0.2, -0.15) is 0 Å². The summed E-state index contributed by atoms with van der Waals surface area (Å²) in [6.07, 6.45) is 1.49. The topological polar surface area (TPSA) is 69.4 Å².